The molecule has 2 saturated heterocycles. The quantitative estimate of drug-likeness (QED) is 0.0383. The molecule has 0 spiro atoms. The number of hydrogen-bond acceptors (Lipinski definition) is 18. The molecule has 3 aliphatic carbocycles. The summed E-state index contributed by atoms with van der Waals surface area (Å²) in [4.78, 5) is 89.2. The molecule has 0 bridgehead atoms. The van der Waals surface area contributed by atoms with Crippen molar-refractivity contribution in [3.63, 3.8) is 0 Å². The molecule has 5 fully saturated rings. The number of ether oxygens (including phenoxy) is 2. The third-order valence-corrected chi connectivity index (χ3v) is 16.4. The summed E-state index contributed by atoms with van der Waals surface area (Å²) in [6.07, 6.45) is -2.41. The molecule has 2 amide bonds. The number of alkyl halides is 6. The molecular weight excluding hydrogens is 1110 g/mol. The van der Waals surface area contributed by atoms with Gasteiger partial charge in [-0.25, -0.2) is 29.5 Å². The van der Waals surface area contributed by atoms with Gasteiger partial charge in [-0.3, -0.25) is 24.1 Å². The van der Waals surface area contributed by atoms with Gasteiger partial charge in [0.25, 0.3) is 0 Å². The van der Waals surface area contributed by atoms with E-state index < -0.39 is 53.7 Å². The van der Waals surface area contributed by atoms with E-state index in [1.165, 1.54) is 27.6 Å². The van der Waals surface area contributed by atoms with Crippen molar-refractivity contribution in [2.24, 2.45) is 0 Å². The Morgan fingerprint density at radius 2 is 1.02 bits per heavy atom. The minimum absolute atomic E-state index is 0.0522. The topological polar surface area (TPSA) is 218 Å². The van der Waals surface area contributed by atoms with Gasteiger partial charge in [0.2, 0.25) is 11.8 Å². The fraction of sp³-hybridized carbons (Fsp3) is 0.382. The number of halogens is 6. The van der Waals surface area contributed by atoms with Gasteiger partial charge in [-0.2, -0.15) is 26.3 Å². The van der Waals surface area contributed by atoms with Crippen molar-refractivity contribution >= 4 is 98.2 Å². The zero-order valence-electron chi connectivity index (χ0n) is 44.4. The van der Waals surface area contributed by atoms with E-state index in [0.717, 1.165) is 78.0 Å². The Bertz CT molecular complexity index is 3390. The van der Waals surface area contributed by atoms with Crippen LogP contribution in [0.4, 0.5) is 53.9 Å². The van der Waals surface area contributed by atoms with Crippen LogP contribution in [-0.4, -0.2) is 87.8 Å². The number of benzene rings is 2. The van der Waals surface area contributed by atoms with E-state index in [1.54, 1.807) is 24.3 Å². The number of thiazole rings is 2. The number of hydrogen-bond donors (Lipinski definition) is 2. The Kier molecular flexibility index (Phi) is 16.4. The number of nitrogens with one attached hydrogen (secondary N) is 2. The molecule has 2 N–H and O–H groups in total. The number of methoxy groups -OCH3 is 2. The Morgan fingerprint density at radius 3 is 1.37 bits per heavy atom. The van der Waals surface area contributed by atoms with Crippen LogP contribution in [0.3, 0.4) is 0 Å². The first-order chi connectivity index (χ1) is 38.2. The molecule has 0 unspecified atom stereocenters. The molecule has 81 heavy (non-hydrogen) atoms. The third-order valence-electron chi connectivity index (χ3n) is 14.1. The summed E-state index contributed by atoms with van der Waals surface area (Å²) in [5, 5.41) is 6.60. The second-order valence-corrected chi connectivity index (χ2v) is 22.7. The van der Waals surface area contributed by atoms with Gasteiger partial charge in [-0.1, -0.05) is 36.4 Å². The summed E-state index contributed by atoms with van der Waals surface area (Å²) in [7, 11) is 1.70. The summed E-state index contributed by atoms with van der Waals surface area (Å²) < 4.78 is 101. The van der Waals surface area contributed by atoms with E-state index in [1.807, 2.05) is 52.0 Å². The number of carbonyl (C=O) groups excluding carboxylic acids is 6. The number of aromatic nitrogens is 4. The normalized spacial score (nSPS) is 17.6. The van der Waals surface area contributed by atoms with E-state index in [9.17, 15) is 55.1 Å². The van der Waals surface area contributed by atoms with Gasteiger partial charge in [0.05, 0.1) is 60.0 Å². The monoisotopic (exact) mass is 1160 g/mol. The molecule has 26 heteroatoms. The zero-order chi connectivity index (χ0) is 58.3. The second kappa shape index (κ2) is 22.9. The Balaban J connectivity index is 0.000000174. The first-order valence-electron chi connectivity index (χ1n) is 25.6. The van der Waals surface area contributed by atoms with Crippen LogP contribution < -0.4 is 21.0 Å². The number of pyridine rings is 2. The molecule has 0 atom stereocenters. The van der Waals surface area contributed by atoms with Crippen molar-refractivity contribution in [2.45, 2.75) is 121 Å². The summed E-state index contributed by atoms with van der Waals surface area (Å²) in [6, 6.07) is 16.2. The van der Waals surface area contributed by atoms with Gasteiger partial charge in [0.15, 0.2) is 10.3 Å². The van der Waals surface area contributed by atoms with Crippen LogP contribution in [-0.2, 0) is 50.3 Å². The maximum absolute atomic E-state index is 13.2. The van der Waals surface area contributed by atoms with Crippen molar-refractivity contribution in [3.05, 3.63) is 105 Å². The molecule has 2 aliphatic heterocycles. The van der Waals surface area contributed by atoms with E-state index in [4.69, 9.17) is 14.3 Å². The van der Waals surface area contributed by atoms with Crippen LogP contribution in [0.15, 0.2) is 73.1 Å². The van der Waals surface area contributed by atoms with Gasteiger partial charge in [-0.05, 0) is 94.9 Å². The summed E-state index contributed by atoms with van der Waals surface area (Å²) in [6.45, 7) is 8.02. The van der Waals surface area contributed by atoms with Crippen LogP contribution in [0.1, 0.15) is 139 Å². The largest absolute Gasteiger partial charge is 0.494 e. The lowest BCUT2D eigenvalue weighted by atomic mass is 9.78. The molecule has 6 aromatic rings. The molecular formula is C55H52BF6N7O10S2. The zero-order valence-corrected chi connectivity index (χ0v) is 46.1. The molecule has 17 nitrogen and oxygen atoms in total. The van der Waals surface area contributed by atoms with Crippen LogP contribution in [0.25, 0.3) is 22.5 Å². The number of Topliss-reactive ketones (excluding diaryl/α,β-unsaturated/α-hetero) is 2. The molecule has 2 aromatic carbocycles. The van der Waals surface area contributed by atoms with Crippen molar-refractivity contribution in [1.82, 2.24) is 19.9 Å². The molecule has 0 radical (unpaired) electrons. The number of amides is 2. The fourth-order valence-electron chi connectivity index (χ4n) is 8.69. The Morgan fingerprint density at radius 1 is 0.630 bits per heavy atom. The minimum Gasteiger partial charge on any atom is -0.465 e. The number of imide groups is 1. The predicted octanol–water partition coefficient (Wildman–Crippen LogP) is 11.5. The average molecular weight is 1160 g/mol. The molecule has 4 aromatic heterocycles. The summed E-state index contributed by atoms with van der Waals surface area (Å²) >= 11 is 2.73. The standard InChI is InChI=1S/C26H27BF3N3O4S.C24H19F3N4O4S.C5H6O2/c1-24(2)25(3,4)37-27(36-24)17-10-8-14(9-11-17)19-20(15-6-7-15)38-23(32-19)33-21-18(22(34)35-5)12-16(13-31-21)26(28,29)30;1-35-22(34)16-10-14(24(25,26)27)11-28-21(16)30-23-29-19(20(36-23)13-2-3-13)12-4-6-15(7-5-12)31-17(32)8-9-18(31)33;6-4-1-2-5(7)3-4/h8-13,15H,6-7H2,1-5H3,(H,31,32,33);4-7,10-11,13H,2-3,8-9H2,1H3,(H,28,29,30);1-3H2. The number of nitrogens with zero attached hydrogens (tertiary/aromatic N) is 5. The predicted molar refractivity (Wildman–Crippen MR) is 288 cm³/mol. The lowest BCUT2D eigenvalue weighted by Gasteiger charge is -2.32. The van der Waals surface area contributed by atoms with Gasteiger partial charge in [-0.15, -0.1) is 22.7 Å². The van der Waals surface area contributed by atoms with Crippen molar-refractivity contribution in [3.8, 4) is 22.5 Å². The number of esters is 2. The molecule has 424 valence electrons. The SMILES string of the molecule is COC(=O)c1cc(C(F)(F)F)cnc1Nc1nc(-c2ccc(B3OC(C)(C)C(C)(C)O3)cc2)c(C2CC2)s1.COC(=O)c1cc(C(F)(F)F)cnc1Nc1nc(-c2ccc(N3C(=O)CCC3=O)cc2)c(C2CC2)s1.O=C1CCC(=O)C1. The van der Waals surface area contributed by atoms with E-state index in [2.05, 4.69) is 35.1 Å². The fourth-order valence-corrected chi connectivity index (χ4v) is 11.0. The molecule has 3 saturated carbocycles. The molecule has 5 aliphatic rings. The van der Waals surface area contributed by atoms with Gasteiger partial charge in [0, 0.05) is 59.0 Å². The molecule has 6 heterocycles. The number of anilines is 5. The van der Waals surface area contributed by atoms with E-state index >= 15 is 0 Å². The van der Waals surface area contributed by atoms with Crippen LogP contribution >= 0.6 is 22.7 Å². The Hall–Kier alpha value is -7.42. The van der Waals surface area contributed by atoms with Crippen LogP contribution in [0, 0.1) is 0 Å². The van der Waals surface area contributed by atoms with Gasteiger partial charge in [0.1, 0.15) is 34.3 Å². The summed E-state index contributed by atoms with van der Waals surface area (Å²) in [5.41, 5.74) is 0.832. The van der Waals surface area contributed by atoms with Crippen molar-refractivity contribution in [1.29, 1.82) is 0 Å². The van der Waals surface area contributed by atoms with Crippen molar-refractivity contribution in [2.75, 3.05) is 29.8 Å². The van der Waals surface area contributed by atoms with Crippen LogP contribution in [0.2, 0.25) is 0 Å². The van der Waals surface area contributed by atoms with Crippen molar-refractivity contribution < 1.29 is 73.9 Å². The van der Waals surface area contributed by atoms with Gasteiger partial charge < -0.3 is 29.4 Å². The number of ketones is 2. The first kappa shape index (κ1) is 58.2. The highest BCUT2D eigenvalue weighted by atomic mass is 32.1. The maximum atomic E-state index is 13.2. The van der Waals surface area contributed by atoms with E-state index in [0.29, 0.717) is 64.8 Å². The van der Waals surface area contributed by atoms with E-state index in [-0.39, 0.29) is 65.4 Å². The van der Waals surface area contributed by atoms with Crippen LogP contribution in [0.5, 0.6) is 0 Å². The highest BCUT2D eigenvalue weighted by molar-refractivity contribution is 7.16. The lowest BCUT2D eigenvalue weighted by Crippen LogP contribution is -2.41. The van der Waals surface area contributed by atoms with Gasteiger partial charge >= 0.3 is 31.4 Å². The Labute approximate surface area is 468 Å². The molecule has 11 rings (SSSR count). The highest BCUT2D eigenvalue weighted by Crippen LogP contribution is 2.50. The first-order valence-corrected chi connectivity index (χ1v) is 27.2. The third kappa shape index (κ3) is 13.2. The second-order valence-electron chi connectivity index (χ2n) is 20.6. The highest BCUT2D eigenvalue weighted by Gasteiger charge is 2.52. The minimum atomic E-state index is -4.67. The maximum Gasteiger partial charge on any atom is 0.494 e. The summed E-state index contributed by atoms with van der Waals surface area (Å²) in [5.74, 6) is -1.65. The smallest absolute Gasteiger partial charge is 0.465 e. The average Bonchev–Trinajstić information content (AvgIpc) is 4.39. The number of carbonyl (C=O) groups is 6. The lowest BCUT2D eigenvalue weighted by molar-refractivity contribution is -0.138. The number of rotatable bonds is 12.